The zero-order valence-corrected chi connectivity index (χ0v) is 10.8. The van der Waals surface area contributed by atoms with Crippen LogP contribution in [0.5, 0.6) is 0 Å². The molecule has 0 aromatic carbocycles. The highest BCUT2D eigenvalue weighted by Crippen LogP contribution is 2.33. The van der Waals surface area contributed by atoms with Crippen LogP contribution in [0.2, 0.25) is 0 Å². The third-order valence-corrected chi connectivity index (χ3v) is 3.39. The number of nitrogens with zero attached hydrogens (tertiary/aromatic N) is 1. The van der Waals surface area contributed by atoms with E-state index in [1.807, 2.05) is 23.8 Å². The maximum atomic E-state index is 11.8. The molecule has 1 aromatic rings. The van der Waals surface area contributed by atoms with Crippen molar-refractivity contribution < 1.29 is 0 Å². The van der Waals surface area contributed by atoms with E-state index in [0.29, 0.717) is 6.04 Å². The predicted molar refractivity (Wildman–Crippen MR) is 70.2 cm³/mol. The Kier molecular flexibility index (Phi) is 4.00. The molecule has 1 unspecified atom stereocenters. The summed E-state index contributed by atoms with van der Waals surface area (Å²) in [4.78, 5) is 11.8. The second-order valence-electron chi connectivity index (χ2n) is 5.09. The second kappa shape index (κ2) is 5.50. The van der Waals surface area contributed by atoms with E-state index in [4.69, 9.17) is 0 Å². The molecule has 1 atom stereocenters. The molecule has 1 aliphatic rings. The van der Waals surface area contributed by atoms with Crippen LogP contribution in [0.3, 0.4) is 0 Å². The molecule has 1 saturated carbocycles. The minimum absolute atomic E-state index is 0.119. The number of rotatable bonds is 6. The molecule has 0 saturated heterocycles. The Bertz CT molecular complexity index is 420. The summed E-state index contributed by atoms with van der Waals surface area (Å²) in [6.07, 6.45) is 5.68. The van der Waals surface area contributed by atoms with Crippen molar-refractivity contribution in [3.8, 4) is 0 Å². The molecule has 0 amide bonds. The van der Waals surface area contributed by atoms with Gasteiger partial charge in [0.15, 0.2) is 0 Å². The fourth-order valence-corrected chi connectivity index (χ4v) is 2.18. The van der Waals surface area contributed by atoms with Crippen LogP contribution in [0, 0.1) is 12.8 Å². The molecule has 94 valence electrons. The number of hydrogen-bond acceptors (Lipinski definition) is 2. The van der Waals surface area contributed by atoms with E-state index in [9.17, 15) is 4.79 Å². The zero-order chi connectivity index (χ0) is 12.3. The average Bonchev–Trinajstić information content (AvgIpc) is 3.11. The minimum atomic E-state index is 0.119. The number of hydrogen-bond donors (Lipinski definition) is 1. The quantitative estimate of drug-likeness (QED) is 0.816. The van der Waals surface area contributed by atoms with Crippen LogP contribution < -0.4 is 10.9 Å². The molecule has 1 fully saturated rings. The Morgan fingerprint density at radius 1 is 1.53 bits per heavy atom. The van der Waals surface area contributed by atoms with E-state index >= 15 is 0 Å². The van der Waals surface area contributed by atoms with Gasteiger partial charge in [0.2, 0.25) is 0 Å². The van der Waals surface area contributed by atoms with Gasteiger partial charge in [0.1, 0.15) is 0 Å². The first-order chi connectivity index (χ1) is 8.20. The first kappa shape index (κ1) is 12.4. The summed E-state index contributed by atoms with van der Waals surface area (Å²) in [5.74, 6) is 0.773. The Hall–Kier alpha value is -1.09. The lowest BCUT2D eigenvalue weighted by molar-refractivity contribution is 0.402. The Balaban J connectivity index is 2.03. The molecular weight excluding hydrogens is 212 g/mol. The number of nitrogens with one attached hydrogen (secondary N) is 1. The van der Waals surface area contributed by atoms with Crippen LogP contribution in [-0.2, 0) is 6.54 Å². The number of aromatic nitrogens is 1. The fourth-order valence-electron chi connectivity index (χ4n) is 2.18. The van der Waals surface area contributed by atoms with Gasteiger partial charge in [0, 0.05) is 24.8 Å². The fraction of sp³-hybridized carbons (Fsp3) is 0.643. The van der Waals surface area contributed by atoms with Gasteiger partial charge in [0.25, 0.3) is 5.56 Å². The van der Waals surface area contributed by atoms with Gasteiger partial charge >= 0.3 is 0 Å². The number of pyridine rings is 1. The molecule has 1 N–H and O–H groups in total. The summed E-state index contributed by atoms with van der Waals surface area (Å²) < 4.78 is 1.83. The largest absolute Gasteiger partial charge is 0.314 e. The van der Waals surface area contributed by atoms with Crippen molar-refractivity contribution in [1.29, 1.82) is 0 Å². The van der Waals surface area contributed by atoms with Crippen LogP contribution in [0.25, 0.3) is 0 Å². The van der Waals surface area contributed by atoms with E-state index in [-0.39, 0.29) is 5.56 Å². The molecule has 17 heavy (non-hydrogen) atoms. The standard InChI is InChI=1S/C14H22N2O/c1-3-7-15-13(12-4-5-12)10-16-8-6-11(2)9-14(16)17/h6,8-9,12-13,15H,3-5,7,10H2,1-2H3. The maximum absolute atomic E-state index is 11.8. The molecule has 3 nitrogen and oxygen atoms in total. The predicted octanol–water partition coefficient (Wildman–Crippen LogP) is 1.93. The molecule has 0 radical (unpaired) electrons. The molecule has 1 heterocycles. The summed E-state index contributed by atoms with van der Waals surface area (Å²) in [6, 6.07) is 4.19. The topological polar surface area (TPSA) is 34.0 Å². The zero-order valence-electron chi connectivity index (χ0n) is 10.8. The molecule has 0 aliphatic heterocycles. The van der Waals surface area contributed by atoms with Gasteiger partial charge in [-0.2, -0.15) is 0 Å². The molecule has 0 bridgehead atoms. The van der Waals surface area contributed by atoms with E-state index in [0.717, 1.165) is 31.0 Å². The normalized spacial score (nSPS) is 17.1. The second-order valence-corrected chi connectivity index (χ2v) is 5.09. The van der Waals surface area contributed by atoms with Crippen molar-refractivity contribution in [3.05, 3.63) is 34.2 Å². The van der Waals surface area contributed by atoms with Crippen LogP contribution in [0.4, 0.5) is 0 Å². The summed E-state index contributed by atoms with van der Waals surface area (Å²) >= 11 is 0. The van der Waals surface area contributed by atoms with Crippen molar-refractivity contribution in [2.24, 2.45) is 5.92 Å². The first-order valence-corrected chi connectivity index (χ1v) is 6.61. The van der Waals surface area contributed by atoms with Crippen LogP contribution in [0.15, 0.2) is 23.1 Å². The van der Waals surface area contributed by atoms with Crippen LogP contribution in [-0.4, -0.2) is 17.2 Å². The van der Waals surface area contributed by atoms with E-state index in [1.165, 1.54) is 12.8 Å². The van der Waals surface area contributed by atoms with Gasteiger partial charge < -0.3 is 9.88 Å². The van der Waals surface area contributed by atoms with Crippen molar-refractivity contribution in [2.75, 3.05) is 6.54 Å². The van der Waals surface area contributed by atoms with Crippen LogP contribution in [0.1, 0.15) is 31.7 Å². The highest BCUT2D eigenvalue weighted by Gasteiger charge is 2.30. The Labute approximate surface area is 103 Å². The van der Waals surface area contributed by atoms with Crippen molar-refractivity contribution in [1.82, 2.24) is 9.88 Å². The SMILES string of the molecule is CCCNC(Cn1ccc(C)cc1=O)C1CC1. The minimum Gasteiger partial charge on any atom is -0.314 e. The Morgan fingerprint density at radius 3 is 2.88 bits per heavy atom. The van der Waals surface area contributed by atoms with Crippen molar-refractivity contribution in [3.63, 3.8) is 0 Å². The third-order valence-electron chi connectivity index (χ3n) is 3.39. The van der Waals surface area contributed by atoms with Gasteiger partial charge in [-0.15, -0.1) is 0 Å². The van der Waals surface area contributed by atoms with Crippen molar-refractivity contribution in [2.45, 2.75) is 45.7 Å². The van der Waals surface area contributed by atoms with Gasteiger partial charge in [-0.05, 0) is 50.3 Å². The lowest BCUT2D eigenvalue weighted by Gasteiger charge is -2.19. The van der Waals surface area contributed by atoms with E-state index in [1.54, 1.807) is 6.07 Å². The van der Waals surface area contributed by atoms with Gasteiger partial charge in [-0.1, -0.05) is 6.92 Å². The van der Waals surface area contributed by atoms with Gasteiger partial charge in [0.05, 0.1) is 0 Å². The molecule has 0 spiro atoms. The number of aryl methyl sites for hydroxylation is 1. The smallest absolute Gasteiger partial charge is 0.250 e. The van der Waals surface area contributed by atoms with Crippen molar-refractivity contribution >= 4 is 0 Å². The lowest BCUT2D eigenvalue weighted by Crippen LogP contribution is -2.38. The van der Waals surface area contributed by atoms with Gasteiger partial charge in [-0.3, -0.25) is 4.79 Å². The third kappa shape index (κ3) is 3.43. The molecule has 3 heteroatoms. The van der Waals surface area contributed by atoms with Crippen LogP contribution >= 0.6 is 0 Å². The maximum Gasteiger partial charge on any atom is 0.250 e. The molecular formula is C14H22N2O. The summed E-state index contributed by atoms with van der Waals surface area (Å²) in [5, 5.41) is 3.56. The van der Waals surface area contributed by atoms with E-state index < -0.39 is 0 Å². The Morgan fingerprint density at radius 2 is 2.29 bits per heavy atom. The highest BCUT2D eigenvalue weighted by atomic mass is 16.1. The van der Waals surface area contributed by atoms with E-state index in [2.05, 4.69) is 12.2 Å². The molecule has 1 aliphatic carbocycles. The molecule has 2 rings (SSSR count). The summed E-state index contributed by atoms with van der Waals surface area (Å²) in [6.45, 7) is 5.99. The summed E-state index contributed by atoms with van der Waals surface area (Å²) in [5.41, 5.74) is 1.16. The van der Waals surface area contributed by atoms with Gasteiger partial charge in [-0.25, -0.2) is 0 Å². The molecule has 1 aromatic heterocycles. The highest BCUT2D eigenvalue weighted by molar-refractivity contribution is 5.08. The lowest BCUT2D eigenvalue weighted by atomic mass is 10.1. The first-order valence-electron chi connectivity index (χ1n) is 6.61. The monoisotopic (exact) mass is 234 g/mol. The average molecular weight is 234 g/mol. The summed E-state index contributed by atoms with van der Waals surface area (Å²) in [7, 11) is 0.